The van der Waals surface area contributed by atoms with Crippen LogP contribution in [-0.2, 0) is 0 Å². The van der Waals surface area contributed by atoms with Crippen molar-refractivity contribution in [3.8, 4) is 0 Å². The lowest BCUT2D eigenvalue weighted by molar-refractivity contribution is 0.0690. The molecule has 2 rings (SSSR count). The van der Waals surface area contributed by atoms with Crippen molar-refractivity contribution in [3.05, 3.63) is 41.3 Å². The van der Waals surface area contributed by atoms with Gasteiger partial charge in [0.25, 0.3) is 0 Å². The fourth-order valence-corrected chi connectivity index (χ4v) is 1.94. The van der Waals surface area contributed by atoms with Crippen LogP contribution >= 0.6 is 23.4 Å². The molecule has 0 aliphatic heterocycles. The van der Waals surface area contributed by atoms with Crippen molar-refractivity contribution >= 4 is 29.3 Å². The summed E-state index contributed by atoms with van der Waals surface area (Å²) in [5, 5.41) is 9.96. The molecule has 1 N–H and O–H groups in total. The third-order valence-corrected chi connectivity index (χ3v) is 2.90. The lowest BCUT2D eigenvalue weighted by Gasteiger charge is -2.01. The number of hydrogen-bond donors (Lipinski definition) is 1. The van der Waals surface area contributed by atoms with Crippen LogP contribution < -0.4 is 0 Å². The number of carbonyl (C=O) groups is 1. The minimum absolute atomic E-state index is 0.107. The molecule has 0 radical (unpaired) electrons. The van der Waals surface area contributed by atoms with E-state index in [1.54, 1.807) is 24.5 Å². The first-order valence-corrected chi connectivity index (χ1v) is 5.71. The predicted octanol–water partition coefficient (Wildman–Crippen LogP) is 2.37. The minimum Gasteiger partial charge on any atom is -0.476 e. The molecule has 2 aromatic rings. The van der Waals surface area contributed by atoms with Gasteiger partial charge in [-0.3, -0.25) is 0 Å². The van der Waals surface area contributed by atoms with Crippen LogP contribution in [0, 0.1) is 0 Å². The van der Waals surface area contributed by atoms with Gasteiger partial charge in [0.2, 0.25) is 0 Å². The van der Waals surface area contributed by atoms with E-state index in [4.69, 9.17) is 16.7 Å². The highest BCUT2D eigenvalue weighted by Crippen LogP contribution is 2.24. The molecule has 17 heavy (non-hydrogen) atoms. The number of nitrogens with zero attached hydrogens (tertiary/aromatic N) is 3. The van der Waals surface area contributed by atoms with Crippen LogP contribution in [0.5, 0.6) is 0 Å². The van der Waals surface area contributed by atoms with Gasteiger partial charge in [0, 0.05) is 12.4 Å². The zero-order valence-corrected chi connectivity index (χ0v) is 9.94. The lowest BCUT2D eigenvalue weighted by atomic mass is 10.3. The van der Waals surface area contributed by atoms with E-state index in [0.717, 1.165) is 0 Å². The monoisotopic (exact) mass is 267 g/mol. The number of halogens is 1. The van der Waals surface area contributed by atoms with E-state index >= 15 is 0 Å². The summed E-state index contributed by atoms with van der Waals surface area (Å²) in [6, 6.07) is 4.81. The van der Waals surface area contributed by atoms with Crippen LogP contribution in [0.2, 0.25) is 5.02 Å². The number of pyridine rings is 1. The predicted molar refractivity (Wildman–Crippen MR) is 62.4 cm³/mol. The van der Waals surface area contributed by atoms with Crippen molar-refractivity contribution in [2.45, 2.75) is 10.2 Å². The zero-order chi connectivity index (χ0) is 12.3. The van der Waals surface area contributed by atoms with Crippen LogP contribution in [-0.4, -0.2) is 26.0 Å². The first-order valence-electron chi connectivity index (χ1n) is 4.51. The van der Waals surface area contributed by atoms with E-state index in [1.165, 1.54) is 17.8 Å². The molecule has 0 aliphatic carbocycles. The Labute approximate surface area is 106 Å². The van der Waals surface area contributed by atoms with Gasteiger partial charge in [-0.25, -0.2) is 19.7 Å². The molecule has 0 saturated carbocycles. The number of aromatic nitrogens is 3. The Morgan fingerprint density at radius 1 is 1.29 bits per heavy atom. The summed E-state index contributed by atoms with van der Waals surface area (Å²) in [6.07, 6.45) is 3.20. The van der Waals surface area contributed by atoms with Crippen LogP contribution in [0.25, 0.3) is 0 Å². The fraction of sp³-hybridized carbons (Fsp3) is 0. The molecule has 86 valence electrons. The Hall–Kier alpha value is -1.66. The van der Waals surface area contributed by atoms with Crippen molar-refractivity contribution in [1.82, 2.24) is 15.0 Å². The summed E-state index contributed by atoms with van der Waals surface area (Å²) in [6.45, 7) is 0. The zero-order valence-electron chi connectivity index (χ0n) is 8.37. The van der Waals surface area contributed by atoms with Crippen LogP contribution in [0.3, 0.4) is 0 Å². The van der Waals surface area contributed by atoms with Gasteiger partial charge in [0.1, 0.15) is 5.03 Å². The first-order chi connectivity index (χ1) is 8.16. The van der Waals surface area contributed by atoms with Crippen molar-refractivity contribution in [1.29, 1.82) is 0 Å². The third kappa shape index (κ3) is 2.92. The quantitative estimate of drug-likeness (QED) is 0.861. The van der Waals surface area contributed by atoms with Gasteiger partial charge in [-0.15, -0.1) is 0 Å². The SMILES string of the molecule is O=C(O)c1nc(Sc2ncccn2)ccc1Cl. The summed E-state index contributed by atoms with van der Waals surface area (Å²) in [5.74, 6) is -1.16. The second-order valence-electron chi connectivity index (χ2n) is 2.92. The van der Waals surface area contributed by atoms with E-state index in [2.05, 4.69) is 15.0 Å². The molecule has 0 unspecified atom stereocenters. The number of hydrogen-bond acceptors (Lipinski definition) is 5. The highest BCUT2D eigenvalue weighted by Gasteiger charge is 2.12. The molecule has 0 aromatic carbocycles. The number of carboxylic acid groups (broad SMARTS) is 1. The molecule has 5 nitrogen and oxygen atoms in total. The van der Waals surface area contributed by atoms with Gasteiger partial charge >= 0.3 is 5.97 Å². The Balaban J connectivity index is 2.29. The summed E-state index contributed by atoms with van der Waals surface area (Å²) >= 11 is 6.88. The summed E-state index contributed by atoms with van der Waals surface area (Å²) in [7, 11) is 0. The highest BCUT2D eigenvalue weighted by atomic mass is 35.5. The Morgan fingerprint density at radius 3 is 2.65 bits per heavy atom. The molecule has 0 saturated heterocycles. The molecule has 0 bridgehead atoms. The minimum atomic E-state index is -1.16. The van der Waals surface area contributed by atoms with E-state index in [0.29, 0.717) is 10.2 Å². The molecule has 0 spiro atoms. The molecule has 2 heterocycles. The van der Waals surface area contributed by atoms with Gasteiger partial charge in [-0.1, -0.05) is 11.6 Å². The van der Waals surface area contributed by atoms with E-state index in [9.17, 15) is 4.79 Å². The van der Waals surface area contributed by atoms with Gasteiger partial charge in [0.05, 0.1) is 5.02 Å². The number of rotatable bonds is 3. The van der Waals surface area contributed by atoms with Crippen molar-refractivity contribution in [3.63, 3.8) is 0 Å². The standard InChI is InChI=1S/C10H6ClN3O2S/c11-6-2-3-7(14-8(6)9(15)16)17-10-12-4-1-5-13-10/h1-5H,(H,15,16). The Kier molecular flexibility index (Phi) is 3.55. The number of aromatic carboxylic acids is 1. The maximum atomic E-state index is 10.8. The van der Waals surface area contributed by atoms with E-state index in [1.807, 2.05) is 0 Å². The average molecular weight is 268 g/mol. The molecule has 0 amide bonds. The summed E-state index contributed by atoms with van der Waals surface area (Å²) < 4.78 is 0. The molecule has 0 aliphatic rings. The molecule has 2 aromatic heterocycles. The number of carboxylic acids is 1. The molecule has 0 fully saturated rings. The summed E-state index contributed by atoms with van der Waals surface area (Å²) in [5.41, 5.74) is -0.174. The third-order valence-electron chi connectivity index (χ3n) is 1.76. The Bertz CT molecular complexity index is 551. The van der Waals surface area contributed by atoms with Gasteiger partial charge in [-0.2, -0.15) is 0 Å². The van der Waals surface area contributed by atoms with Crippen molar-refractivity contribution in [2.24, 2.45) is 0 Å². The largest absolute Gasteiger partial charge is 0.476 e. The fourth-order valence-electron chi connectivity index (χ4n) is 1.06. The summed E-state index contributed by atoms with van der Waals surface area (Å²) in [4.78, 5) is 22.8. The average Bonchev–Trinajstić information content (AvgIpc) is 2.32. The molecule has 0 atom stereocenters. The second-order valence-corrected chi connectivity index (χ2v) is 4.31. The van der Waals surface area contributed by atoms with Crippen molar-refractivity contribution < 1.29 is 9.90 Å². The van der Waals surface area contributed by atoms with Gasteiger partial charge < -0.3 is 5.11 Å². The smallest absolute Gasteiger partial charge is 0.356 e. The van der Waals surface area contributed by atoms with Crippen molar-refractivity contribution in [2.75, 3.05) is 0 Å². The van der Waals surface area contributed by atoms with Gasteiger partial charge in [0.15, 0.2) is 10.9 Å². The lowest BCUT2D eigenvalue weighted by Crippen LogP contribution is -2.02. The van der Waals surface area contributed by atoms with Crippen LogP contribution in [0.15, 0.2) is 40.8 Å². The normalized spacial score (nSPS) is 10.2. The maximum Gasteiger partial charge on any atom is 0.356 e. The first kappa shape index (κ1) is 11.8. The second kappa shape index (κ2) is 5.11. The van der Waals surface area contributed by atoms with E-state index in [-0.39, 0.29) is 10.7 Å². The topological polar surface area (TPSA) is 76.0 Å². The van der Waals surface area contributed by atoms with Gasteiger partial charge in [-0.05, 0) is 30.0 Å². The molecular formula is C10H6ClN3O2S. The van der Waals surface area contributed by atoms with E-state index < -0.39 is 5.97 Å². The maximum absolute atomic E-state index is 10.8. The highest BCUT2D eigenvalue weighted by molar-refractivity contribution is 7.99. The molecular weight excluding hydrogens is 262 g/mol. The van der Waals surface area contributed by atoms with Crippen LogP contribution in [0.1, 0.15) is 10.5 Å². The van der Waals surface area contributed by atoms with Crippen LogP contribution in [0.4, 0.5) is 0 Å². The Morgan fingerprint density at radius 2 is 2.00 bits per heavy atom. The molecule has 7 heteroatoms.